The molecule has 2 heterocycles. The number of benzene rings is 2. The molecule has 3 aromatic rings. The zero-order chi connectivity index (χ0) is 19.5. The number of ether oxygens (including phenoxy) is 1. The molecule has 6 nitrogen and oxygen atoms in total. The molecule has 0 saturated carbocycles. The second kappa shape index (κ2) is 7.84. The summed E-state index contributed by atoms with van der Waals surface area (Å²) in [6.45, 7) is 5.22. The molecule has 28 heavy (non-hydrogen) atoms. The predicted molar refractivity (Wildman–Crippen MR) is 106 cm³/mol. The van der Waals surface area contributed by atoms with E-state index in [1.165, 1.54) is 5.56 Å². The van der Waals surface area contributed by atoms with E-state index in [1.54, 1.807) is 4.90 Å². The Morgan fingerprint density at radius 2 is 1.86 bits per heavy atom. The Hall–Kier alpha value is -3.15. The maximum Gasteiger partial charge on any atom is 0.257 e. The number of carbonyl (C=O) groups is 1. The lowest BCUT2D eigenvalue weighted by Gasteiger charge is -2.16. The largest absolute Gasteiger partial charge is 0.494 e. The summed E-state index contributed by atoms with van der Waals surface area (Å²) in [6.07, 6.45) is 1.36. The van der Waals surface area contributed by atoms with Gasteiger partial charge in [-0.2, -0.15) is 4.98 Å². The molecule has 0 bridgehead atoms. The van der Waals surface area contributed by atoms with Crippen molar-refractivity contribution in [2.75, 3.05) is 18.1 Å². The van der Waals surface area contributed by atoms with Gasteiger partial charge in [0, 0.05) is 30.1 Å². The van der Waals surface area contributed by atoms with Gasteiger partial charge in [-0.25, -0.2) is 0 Å². The highest BCUT2D eigenvalue weighted by atomic mass is 16.5. The lowest BCUT2D eigenvalue weighted by Crippen LogP contribution is -2.24. The van der Waals surface area contributed by atoms with Gasteiger partial charge in [0.15, 0.2) is 5.82 Å². The van der Waals surface area contributed by atoms with Crippen LogP contribution in [0.15, 0.2) is 53.1 Å². The molecular formula is C22H23N3O3. The molecular weight excluding hydrogens is 354 g/mol. The van der Waals surface area contributed by atoms with E-state index in [-0.39, 0.29) is 11.8 Å². The maximum atomic E-state index is 12.5. The molecule has 0 spiro atoms. The fourth-order valence-corrected chi connectivity index (χ4v) is 3.42. The summed E-state index contributed by atoms with van der Waals surface area (Å²) >= 11 is 0. The number of hydrogen-bond donors (Lipinski definition) is 0. The standard InChI is InChI=1S/C22H23N3O3/c1-3-15-5-7-16(8-6-15)22-23-21(24-28-22)17-13-20(26)25(14-17)18-9-11-19(12-10-18)27-4-2/h5-12,17H,3-4,13-14H2,1-2H3. The van der Waals surface area contributed by atoms with Gasteiger partial charge in [-0.1, -0.05) is 24.2 Å². The molecule has 1 atom stereocenters. The highest BCUT2D eigenvalue weighted by Crippen LogP contribution is 2.32. The number of aryl methyl sites for hydroxylation is 1. The van der Waals surface area contributed by atoms with Crippen LogP contribution in [-0.4, -0.2) is 29.2 Å². The Morgan fingerprint density at radius 3 is 2.54 bits per heavy atom. The summed E-state index contributed by atoms with van der Waals surface area (Å²) in [6, 6.07) is 15.7. The van der Waals surface area contributed by atoms with Crippen molar-refractivity contribution in [2.45, 2.75) is 32.6 Å². The van der Waals surface area contributed by atoms with E-state index in [4.69, 9.17) is 9.26 Å². The van der Waals surface area contributed by atoms with Crippen LogP contribution in [0.2, 0.25) is 0 Å². The molecule has 2 aromatic carbocycles. The molecule has 144 valence electrons. The third kappa shape index (κ3) is 3.63. The third-order valence-corrected chi connectivity index (χ3v) is 5.00. The molecule has 1 aliphatic rings. The van der Waals surface area contributed by atoms with Gasteiger partial charge < -0.3 is 14.2 Å². The molecule has 1 aromatic heterocycles. The summed E-state index contributed by atoms with van der Waals surface area (Å²) in [7, 11) is 0. The van der Waals surface area contributed by atoms with Crippen LogP contribution < -0.4 is 9.64 Å². The molecule has 1 amide bonds. The van der Waals surface area contributed by atoms with Crippen molar-refractivity contribution < 1.29 is 14.1 Å². The zero-order valence-electron chi connectivity index (χ0n) is 16.1. The van der Waals surface area contributed by atoms with Crippen LogP contribution in [0.25, 0.3) is 11.5 Å². The van der Waals surface area contributed by atoms with E-state index in [1.807, 2.05) is 43.3 Å². The van der Waals surface area contributed by atoms with Crippen molar-refractivity contribution in [2.24, 2.45) is 0 Å². The number of hydrogen-bond acceptors (Lipinski definition) is 5. The van der Waals surface area contributed by atoms with E-state index < -0.39 is 0 Å². The van der Waals surface area contributed by atoms with Gasteiger partial charge in [0.2, 0.25) is 5.91 Å². The highest BCUT2D eigenvalue weighted by molar-refractivity contribution is 5.96. The Morgan fingerprint density at radius 1 is 1.11 bits per heavy atom. The fraction of sp³-hybridized carbons (Fsp3) is 0.318. The molecule has 0 aliphatic carbocycles. The molecule has 6 heteroatoms. The van der Waals surface area contributed by atoms with Crippen molar-refractivity contribution in [3.8, 4) is 17.2 Å². The topological polar surface area (TPSA) is 68.5 Å². The second-order valence-corrected chi connectivity index (χ2v) is 6.84. The zero-order valence-corrected chi connectivity index (χ0v) is 16.1. The number of nitrogens with zero attached hydrogens (tertiary/aromatic N) is 3. The molecule has 0 radical (unpaired) electrons. The van der Waals surface area contributed by atoms with Gasteiger partial charge in [0.25, 0.3) is 5.89 Å². The minimum absolute atomic E-state index is 0.0628. The van der Waals surface area contributed by atoms with Crippen LogP contribution in [0, 0.1) is 0 Å². The van der Waals surface area contributed by atoms with E-state index in [0.717, 1.165) is 23.4 Å². The van der Waals surface area contributed by atoms with Crippen molar-refractivity contribution in [3.63, 3.8) is 0 Å². The molecule has 4 rings (SSSR count). The van der Waals surface area contributed by atoms with Crippen LogP contribution in [-0.2, 0) is 11.2 Å². The summed E-state index contributed by atoms with van der Waals surface area (Å²) in [4.78, 5) is 18.8. The number of aromatic nitrogens is 2. The lowest BCUT2D eigenvalue weighted by atomic mass is 10.1. The van der Waals surface area contributed by atoms with Crippen molar-refractivity contribution in [1.29, 1.82) is 0 Å². The minimum atomic E-state index is -0.0773. The van der Waals surface area contributed by atoms with E-state index in [9.17, 15) is 4.79 Å². The molecule has 0 N–H and O–H groups in total. The first kappa shape index (κ1) is 18.2. The van der Waals surface area contributed by atoms with E-state index >= 15 is 0 Å². The van der Waals surface area contributed by atoms with Crippen molar-refractivity contribution in [1.82, 2.24) is 10.1 Å². The maximum absolute atomic E-state index is 12.5. The third-order valence-electron chi connectivity index (χ3n) is 5.00. The Kier molecular flexibility index (Phi) is 5.10. The van der Waals surface area contributed by atoms with Crippen LogP contribution in [0.4, 0.5) is 5.69 Å². The van der Waals surface area contributed by atoms with Gasteiger partial charge in [-0.15, -0.1) is 0 Å². The van der Waals surface area contributed by atoms with Gasteiger partial charge in [0.1, 0.15) is 5.75 Å². The van der Waals surface area contributed by atoms with Crippen LogP contribution in [0.1, 0.15) is 37.6 Å². The fourth-order valence-electron chi connectivity index (χ4n) is 3.42. The summed E-state index contributed by atoms with van der Waals surface area (Å²) in [5, 5.41) is 4.13. The highest BCUT2D eigenvalue weighted by Gasteiger charge is 2.34. The van der Waals surface area contributed by atoms with E-state index in [0.29, 0.717) is 31.3 Å². The first-order valence-corrected chi connectivity index (χ1v) is 9.64. The molecule has 1 unspecified atom stereocenters. The molecule has 1 saturated heterocycles. The summed E-state index contributed by atoms with van der Waals surface area (Å²) in [5.74, 6) is 1.85. The molecule has 1 fully saturated rings. The normalized spacial score (nSPS) is 16.6. The Bertz CT molecular complexity index is 948. The average molecular weight is 377 g/mol. The SMILES string of the molecule is CCOc1ccc(N2CC(c3noc(-c4ccc(CC)cc4)n3)CC2=O)cc1. The monoisotopic (exact) mass is 377 g/mol. The predicted octanol–water partition coefficient (Wildman–Crippen LogP) is 4.22. The molecule has 1 aliphatic heterocycles. The average Bonchev–Trinajstić information content (AvgIpc) is 3.36. The minimum Gasteiger partial charge on any atom is -0.494 e. The Balaban J connectivity index is 1.48. The second-order valence-electron chi connectivity index (χ2n) is 6.84. The quantitative estimate of drug-likeness (QED) is 0.643. The number of anilines is 1. The first-order chi connectivity index (χ1) is 13.7. The van der Waals surface area contributed by atoms with Crippen LogP contribution in [0.3, 0.4) is 0 Å². The smallest absolute Gasteiger partial charge is 0.257 e. The number of carbonyl (C=O) groups excluding carboxylic acids is 1. The van der Waals surface area contributed by atoms with Crippen molar-refractivity contribution >= 4 is 11.6 Å². The van der Waals surface area contributed by atoms with Crippen LogP contribution in [0.5, 0.6) is 5.75 Å². The van der Waals surface area contributed by atoms with Crippen molar-refractivity contribution in [3.05, 3.63) is 59.9 Å². The Labute approximate surface area is 164 Å². The summed E-state index contributed by atoms with van der Waals surface area (Å²) < 4.78 is 10.9. The number of amides is 1. The van der Waals surface area contributed by atoms with E-state index in [2.05, 4.69) is 29.2 Å². The van der Waals surface area contributed by atoms with Gasteiger partial charge in [0.05, 0.1) is 6.61 Å². The number of rotatable bonds is 6. The van der Waals surface area contributed by atoms with Gasteiger partial charge in [-0.3, -0.25) is 4.79 Å². The van der Waals surface area contributed by atoms with Crippen LogP contribution >= 0.6 is 0 Å². The van der Waals surface area contributed by atoms with Gasteiger partial charge in [-0.05, 0) is 55.3 Å². The van der Waals surface area contributed by atoms with Gasteiger partial charge >= 0.3 is 0 Å². The first-order valence-electron chi connectivity index (χ1n) is 9.64. The summed E-state index contributed by atoms with van der Waals surface area (Å²) in [5.41, 5.74) is 3.01. The lowest BCUT2D eigenvalue weighted by molar-refractivity contribution is -0.117.